The maximum atomic E-state index is 12.5. The second-order valence-electron chi connectivity index (χ2n) is 6.76. The number of halogens is 1. The summed E-state index contributed by atoms with van der Waals surface area (Å²) in [6.45, 7) is 2.86. The smallest absolute Gasteiger partial charge is 0.330 e. The molecule has 2 aromatic carbocycles. The second-order valence-corrected chi connectivity index (χ2v) is 8.14. The molecule has 0 saturated heterocycles. The number of para-hydroxylation sites is 1. The van der Waals surface area contributed by atoms with Crippen LogP contribution in [0.5, 0.6) is 0 Å². The molecule has 5 aromatic rings. The molecule has 150 valence electrons. The lowest BCUT2D eigenvalue weighted by Gasteiger charge is -2.05. The third-order valence-electron chi connectivity index (χ3n) is 4.76. The van der Waals surface area contributed by atoms with Gasteiger partial charge in [-0.1, -0.05) is 28.9 Å². The van der Waals surface area contributed by atoms with Gasteiger partial charge in [0, 0.05) is 10.4 Å². The highest BCUT2D eigenvalue weighted by atomic mass is 35.5. The van der Waals surface area contributed by atoms with Crippen molar-refractivity contribution in [3.05, 3.63) is 69.4 Å². The van der Waals surface area contributed by atoms with E-state index in [4.69, 9.17) is 11.6 Å². The first-order valence-electron chi connectivity index (χ1n) is 9.23. The number of rotatable bonds is 4. The molecule has 0 atom stereocenters. The first-order chi connectivity index (χ1) is 14.6. The van der Waals surface area contributed by atoms with Crippen LogP contribution in [0.1, 0.15) is 16.5 Å². The van der Waals surface area contributed by atoms with Crippen molar-refractivity contribution in [2.24, 2.45) is 0 Å². The monoisotopic (exact) mass is 437 g/mol. The number of hydrogen-bond acceptors (Lipinski definition) is 6. The minimum absolute atomic E-state index is 0.313. The summed E-state index contributed by atoms with van der Waals surface area (Å²) in [6, 6.07) is 12.6. The van der Waals surface area contributed by atoms with Crippen LogP contribution in [-0.4, -0.2) is 35.6 Å². The molecule has 0 saturated carbocycles. The maximum Gasteiger partial charge on any atom is 0.344 e. The molecule has 0 aliphatic rings. The van der Waals surface area contributed by atoms with Gasteiger partial charge in [-0.15, -0.1) is 16.4 Å². The average molecular weight is 438 g/mol. The highest BCUT2D eigenvalue weighted by molar-refractivity contribution is 7.09. The zero-order chi connectivity index (χ0) is 20.7. The van der Waals surface area contributed by atoms with E-state index in [9.17, 15) is 4.79 Å². The Balaban J connectivity index is 1.30. The van der Waals surface area contributed by atoms with E-state index in [2.05, 4.69) is 30.2 Å². The van der Waals surface area contributed by atoms with E-state index >= 15 is 0 Å². The quantitative estimate of drug-likeness (QED) is 0.458. The van der Waals surface area contributed by atoms with Gasteiger partial charge in [0.2, 0.25) is 0 Å². The molecule has 3 heterocycles. The Hall–Kier alpha value is -3.30. The summed E-state index contributed by atoms with van der Waals surface area (Å²) in [5, 5.41) is 14.2. The van der Waals surface area contributed by atoms with Crippen molar-refractivity contribution in [2.45, 2.75) is 20.0 Å². The summed E-state index contributed by atoms with van der Waals surface area (Å²) in [4.78, 5) is 21.7. The third kappa shape index (κ3) is 3.42. The van der Waals surface area contributed by atoms with Crippen molar-refractivity contribution in [3.8, 4) is 0 Å². The molecule has 0 fully saturated rings. The van der Waals surface area contributed by atoms with Crippen LogP contribution in [0, 0.1) is 6.92 Å². The number of hydrogen-bond donors (Lipinski definition) is 1. The van der Waals surface area contributed by atoms with Crippen LogP contribution in [0.2, 0.25) is 5.02 Å². The third-order valence-corrected chi connectivity index (χ3v) is 5.89. The van der Waals surface area contributed by atoms with Crippen molar-refractivity contribution < 1.29 is 4.79 Å². The van der Waals surface area contributed by atoms with Crippen molar-refractivity contribution in [3.63, 3.8) is 0 Å². The topological polar surface area (TPSA) is 90.5 Å². The van der Waals surface area contributed by atoms with Gasteiger partial charge in [-0.2, -0.15) is 4.68 Å². The van der Waals surface area contributed by atoms with E-state index in [1.165, 1.54) is 16.0 Å². The number of benzene rings is 2. The number of nitrogens with zero attached hydrogens (tertiary/aromatic N) is 6. The molecule has 0 aliphatic heterocycles. The van der Waals surface area contributed by atoms with Gasteiger partial charge in [-0.3, -0.25) is 0 Å². The van der Waals surface area contributed by atoms with Crippen LogP contribution in [0.25, 0.3) is 22.1 Å². The summed E-state index contributed by atoms with van der Waals surface area (Å²) in [7, 11) is 0. The molecule has 0 bridgehead atoms. The number of thiazole rings is 1. The number of fused-ring (bicyclic) bond motifs is 2. The minimum atomic E-state index is -0.341. The van der Waals surface area contributed by atoms with Gasteiger partial charge in [0.25, 0.3) is 0 Å². The first kappa shape index (κ1) is 18.7. The Kier molecular flexibility index (Phi) is 4.68. The van der Waals surface area contributed by atoms with Gasteiger partial charge in [-0.05, 0) is 37.3 Å². The molecule has 8 nitrogen and oxygen atoms in total. The number of carbonyl (C=O) groups is 1. The Morgan fingerprint density at radius 1 is 1.13 bits per heavy atom. The molecule has 1 amide bonds. The number of carbonyl (C=O) groups excluding carboxylic acids is 1. The molecule has 0 aliphatic carbocycles. The highest BCUT2D eigenvalue weighted by Crippen LogP contribution is 2.22. The Bertz CT molecular complexity index is 1390. The van der Waals surface area contributed by atoms with Crippen LogP contribution in [0.15, 0.2) is 47.8 Å². The average Bonchev–Trinajstić information content (AvgIpc) is 3.45. The lowest BCUT2D eigenvalue weighted by molar-refractivity contribution is 0.239. The number of aromatic nitrogens is 6. The summed E-state index contributed by atoms with van der Waals surface area (Å²) >= 11 is 7.65. The van der Waals surface area contributed by atoms with E-state index < -0.39 is 0 Å². The number of aryl methyl sites for hydroxylation is 1. The van der Waals surface area contributed by atoms with Crippen molar-refractivity contribution in [2.75, 3.05) is 0 Å². The van der Waals surface area contributed by atoms with Gasteiger partial charge in [-0.25, -0.2) is 14.8 Å². The zero-order valence-corrected chi connectivity index (χ0v) is 17.5. The predicted octanol–water partition coefficient (Wildman–Crippen LogP) is 4.01. The number of amides is 1. The molecule has 10 heteroatoms. The molecular weight excluding hydrogens is 422 g/mol. The van der Waals surface area contributed by atoms with E-state index in [-0.39, 0.29) is 6.03 Å². The largest absolute Gasteiger partial charge is 0.344 e. The minimum Gasteiger partial charge on any atom is -0.330 e. The van der Waals surface area contributed by atoms with E-state index in [0.29, 0.717) is 29.1 Å². The van der Waals surface area contributed by atoms with Crippen molar-refractivity contribution >= 4 is 51.0 Å². The molecule has 30 heavy (non-hydrogen) atoms. The molecule has 0 spiro atoms. The Morgan fingerprint density at radius 2 is 2.00 bits per heavy atom. The highest BCUT2D eigenvalue weighted by Gasteiger charge is 2.13. The molecule has 0 unspecified atom stereocenters. The number of imidazole rings is 1. The fourth-order valence-corrected chi connectivity index (χ4v) is 4.22. The summed E-state index contributed by atoms with van der Waals surface area (Å²) in [5.74, 6) is 0.896. The van der Waals surface area contributed by atoms with Gasteiger partial charge >= 0.3 is 6.03 Å². The second kappa shape index (κ2) is 7.51. The van der Waals surface area contributed by atoms with E-state index in [1.807, 2.05) is 48.7 Å². The lowest BCUT2D eigenvalue weighted by Crippen LogP contribution is -2.28. The number of nitrogens with one attached hydrogen (secondary N) is 1. The van der Waals surface area contributed by atoms with Crippen molar-refractivity contribution in [1.29, 1.82) is 0 Å². The van der Waals surface area contributed by atoms with Gasteiger partial charge in [0.05, 0.1) is 35.3 Å². The fraction of sp³-hybridized carbons (Fsp3) is 0.150. The van der Waals surface area contributed by atoms with E-state index in [0.717, 1.165) is 27.6 Å². The van der Waals surface area contributed by atoms with Gasteiger partial charge < -0.3 is 9.88 Å². The molecule has 1 N–H and O–H groups in total. The molecule has 3 aromatic heterocycles. The van der Waals surface area contributed by atoms with Crippen molar-refractivity contribution in [1.82, 2.24) is 34.8 Å². The maximum absolute atomic E-state index is 12.5. The summed E-state index contributed by atoms with van der Waals surface area (Å²) in [6.07, 6.45) is 0. The van der Waals surface area contributed by atoms with Crippen LogP contribution in [0.3, 0.4) is 0 Å². The Labute approximate surface area is 180 Å². The summed E-state index contributed by atoms with van der Waals surface area (Å²) in [5.41, 5.74) is 4.11. The zero-order valence-electron chi connectivity index (χ0n) is 15.9. The van der Waals surface area contributed by atoms with Crippen LogP contribution in [-0.2, 0) is 13.1 Å². The lowest BCUT2D eigenvalue weighted by atomic mass is 10.3. The summed E-state index contributed by atoms with van der Waals surface area (Å²) < 4.78 is 3.34. The fourth-order valence-electron chi connectivity index (χ4n) is 3.33. The standard InChI is InChI=1S/C20H16ClN7OS/c1-12-23-15-7-6-13(21)8-18(15)27(12)10-14-11-30-19(24-14)9-22-20(29)28-17-5-3-2-4-16(17)25-26-28/h2-8,11H,9-10H2,1H3,(H,22,29). The van der Waals surface area contributed by atoms with Gasteiger partial charge in [0.1, 0.15) is 16.3 Å². The molecule has 0 radical (unpaired) electrons. The molecule has 5 rings (SSSR count). The predicted molar refractivity (Wildman–Crippen MR) is 116 cm³/mol. The van der Waals surface area contributed by atoms with E-state index in [1.54, 1.807) is 6.07 Å². The Morgan fingerprint density at radius 3 is 2.90 bits per heavy atom. The SMILES string of the molecule is Cc1nc2ccc(Cl)cc2n1Cc1csc(CNC(=O)n2nnc3ccccc32)n1. The first-order valence-corrected chi connectivity index (χ1v) is 10.5. The van der Waals surface area contributed by atoms with Crippen LogP contribution in [0.4, 0.5) is 4.79 Å². The van der Waals surface area contributed by atoms with Gasteiger partial charge in [0.15, 0.2) is 0 Å². The van der Waals surface area contributed by atoms with Crippen LogP contribution < -0.4 is 5.32 Å². The van der Waals surface area contributed by atoms with Crippen LogP contribution >= 0.6 is 22.9 Å². The molecular formula is C20H16ClN7OS. The normalized spacial score (nSPS) is 11.4.